The summed E-state index contributed by atoms with van der Waals surface area (Å²) < 4.78 is 0. The normalized spacial score (nSPS) is 28.7. The van der Waals surface area contributed by atoms with Crippen LogP contribution in [0.4, 0.5) is 0 Å². The Bertz CT molecular complexity index is 422. The number of pyridine rings is 1. The van der Waals surface area contributed by atoms with Gasteiger partial charge in [-0.15, -0.1) is 0 Å². The Hall–Kier alpha value is -1.15. The summed E-state index contributed by atoms with van der Waals surface area (Å²) in [6.45, 7) is 3.28. The molecule has 3 rings (SSSR count). The summed E-state index contributed by atoms with van der Waals surface area (Å²) in [6.07, 6.45) is 10.2. The molecule has 2 atom stereocenters. The SMILES string of the molecule is Cc1cncc(C2=CCC[C@H]3CCN[C@@H]23)c1. The van der Waals surface area contributed by atoms with E-state index in [-0.39, 0.29) is 0 Å². The molecule has 2 heteroatoms. The highest BCUT2D eigenvalue weighted by atomic mass is 15.0. The molecule has 0 saturated carbocycles. The van der Waals surface area contributed by atoms with Crippen LogP contribution in [0.5, 0.6) is 0 Å². The van der Waals surface area contributed by atoms with Gasteiger partial charge in [0.05, 0.1) is 0 Å². The molecule has 0 radical (unpaired) electrons. The van der Waals surface area contributed by atoms with E-state index in [1.165, 1.54) is 42.5 Å². The lowest BCUT2D eigenvalue weighted by molar-refractivity contribution is 0.470. The first-order valence-electron chi connectivity index (χ1n) is 6.20. The molecule has 0 aromatic carbocycles. The summed E-state index contributed by atoms with van der Waals surface area (Å²) in [5.41, 5.74) is 4.03. The predicted molar refractivity (Wildman–Crippen MR) is 66.1 cm³/mol. The third-order valence-electron chi connectivity index (χ3n) is 3.80. The minimum atomic E-state index is 0.581. The Morgan fingerprint density at radius 3 is 3.12 bits per heavy atom. The second kappa shape index (κ2) is 4.02. The van der Waals surface area contributed by atoms with Crippen LogP contribution in [0.25, 0.3) is 5.57 Å². The monoisotopic (exact) mass is 214 g/mol. The molecule has 1 aromatic heterocycles. The van der Waals surface area contributed by atoms with E-state index in [0.717, 1.165) is 5.92 Å². The quantitative estimate of drug-likeness (QED) is 0.777. The first-order chi connectivity index (χ1) is 7.84. The molecule has 0 amide bonds. The fourth-order valence-electron chi connectivity index (χ4n) is 3.02. The van der Waals surface area contributed by atoms with Gasteiger partial charge in [-0.05, 0) is 61.4 Å². The summed E-state index contributed by atoms with van der Waals surface area (Å²) in [6, 6.07) is 2.83. The Kier molecular flexibility index (Phi) is 2.52. The van der Waals surface area contributed by atoms with Gasteiger partial charge in [0, 0.05) is 18.4 Å². The molecule has 0 spiro atoms. The molecule has 2 aliphatic rings. The predicted octanol–water partition coefficient (Wildman–Crippen LogP) is 2.55. The molecule has 1 saturated heterocycles. The summed E-state index contributed by atoms with van der Waals surface area (Å²) in [5.74, 6) is 0.848. The van der Waals surface area contributed by atoms with Crippen molar-refractivity contribution in [2.45, 2.75) is 32.2 Å². The van der Waals surface area contributed by atoms with Crippen molar-refractivity contribution in [3.63, 3.8) is 0 Å². The lowest BCUT2D eigenvalue weighted by Crippen LogP contribution is -2.30. The van der Waals surface area contributed by atoms with Crippen LogP contribution < -0.4 is 5.32 Å². The molecular formula is C14H18N2. The second-order valence-electron chi connectivity index (χ2n) is 4.97. The van der Waals surface area contributed by atoms with Crippen molar-refractivity contribution in [3.05, 3.63) is 35.7 Å². The molecule has 2 nitrogen and oxygen atoms in total. The average molecular weight is 214 g/mol. The van der Waals surface area contributed by atoms with Crippen LogP contribution in [0.1, 0.15) is 30.4 Å². The summed E-state index contributed by atoms with van der Waals surface area (Å²) >= 11 is 0. The number of aromatic nitrogens is 1. The molecule has 84 valence electrons. The number of nitrogens with zero attached hydrogens (tertiary/aromatic N) is 1. The third-order valence-corrected chi connectivity index (χ3v) is 3.80. The van der Waals surface area contributed by atoms with Crippen LogP contribution in [-0.2, 0) is 0 Å². The number of hydrogen-bond donors (Lipinski definition) is 1. The fourth-order valence-corrected chi connectivity index (χ4v) is 3.02. The average Bonchev–Trinajstić information content (AvgIpc) is 2.76. The molecule has 0 bridgehead atoms. The van der Waals surface area contributed by atoms with Gasteiger partial charge in [-0.1, -0.05) is 6.08 Å². The Morgan fingerprint density at radius 2 is 2.25 bits per heavy atom. The first kappa shape index (κ1) is 10.0. The van der Waals surface area contributed by atoms with Crippen LogP contribution in [0.2, 0.25) is 0 Å². The molecule has 0 unspecified atom stereocenters. The van der Waals surface area contributed by atoms with Gasteiger partial charge in [0.25, 0.3) is 0 Å². The van der Waals surface area contributed by atoms with Crippen molar-refractivity contribution in [2.75, 3.05) is 6.54 Å². The molecule has 2 heterocycles. The topological polar surface area (TPSA) is 24.9 Å². The van der Waals surface area contributed by atoms with E-state index in [0.29, 0.717) is 6.04 Å². The van der Waals surface area contributed by atoms with Crippen molar-refractivity contribution in [2.24, 2.45) is 5.92 Å². The van der Waals surface area contributed by atoms with Gasteiger partial charge in [0.1, 0.15) is 0 Å². The first-order valence-corrected chi connectivity index (χ1v) is 6.20. The summed E-state index contributed by atoms with van der Waals surface area (Å²) in [7, 11) is 0. The highest BCUT2D eigenvalue weighted by Crippen LogP contribution is 2.35. The lowest BCUT2D eigenvalue weighted by atomic mass is 9.82. The minimum Gasteiger partial charge on any atom is -0.310 e. The van der Waals surface area contributed by atoms with Crippen molar-refractivity contribution in [1.82, 2.24) is 10.3 Å². The Morgan fingerprint density at radius 1 is 1.31 bits per heavy atom. The van der Waals surface area contributed by atoms with E-state index in [2.05, 4.69) is 29.4 Å². The summed E-state index contributed by atoms with van der Waals surface area (Å²) in [4.78, 5) is 4.30. The van der Waals surface area contributed by atoms with Crippen LogP contribution in [0.15, 0.2) is 24.5 Å². The molecule has 1 N–H and O–H groups in total. The van der Waals surface area contributed by atoms with Crippen LogP contribution >= 0.6 is 0 Å². The number of aryl methyl sites for hydroxylation is 1. The summed E-state index contributed by atoms with van der Waals surface area (Å²) in [5, 5.41) is 3.63. The number of rotatable bonds is 1. The second-order valence-corrected chi connectivity index (χ2v) is 4.97. The highest BCUT2D eigenvalue weighted by Gasteiger charge is 2.32. The maximum Gasteiger partial charge on any atom is 0.0352 e. The molecule has 1 aromatic rings. The van der Waals surface area contributed by atoms with E-state index < -0.39 is 0 Å². The van der Waals surface area contributed by atoms with Gasteiger partial charge >= 0.3 is 0 Å². The van der Waals surface area contributed by atoms with Crippen molar-refractivity contribution in [3.8, 4) is 0 Å². The molecule has 1 aliphatic heterocycles. The zero-order valence-corrected chi connectivity index (χ0v) is 9.74. The standard InChI is InChI=1S/C14H18N2/c1-10-7-12(9-15-8-10)13-4-2-3-11-5-6-16-14(11)13/h4,7-9,11,14,16H,2-3,5-6H2,1H3/t11-,14+/m0/s1. The van der Waals surface area contributed by atoms with Gasteiger partial charge < -0.3 is 5.32 Å². The van der Waals surface area contributed by atoms with Gasteiger partial charge in [-0.2, -0.15) is 0 Å². The van der Waals surface area contributed by atoms with E-state index >= 15 is 0 Å². The van der Waals surface area contributed by atoms with Crippen molar-refractivity contribution in [1.29, 1.82) is 0 Å². The molecular weight excluding hydrogens is 196 g/mol. The number of fused-ring (bicyclic) bond motifs is 1. The molecule has 16 heavy (non-hydrogen) atoms. The highest BCUT2D eigenvalue weighted by molar-refractivity contribution is 5.70. The Balaban J connectivity index is 1.96. The van der Waals surface area contributed by atoms with Crippen LogP contribution in [-0.4, -0.2) is 17.6 Å². The van der Waals surface area contributed by atoms with Crippen LogP contribution in [0.3, 0.4) is 0 Å². The number of hydrogen-bond acceptors (Lipinski definition) is 2. The van der Waals surface area contributed by atoms with E-state index in [9.17, 15) is 0 Å². The smallest absolute Gasteiger partial charge is 0.0352 e. The van der Waals surface area contributed by atoms with Gasteiger partial charge in [0.2, 0.25) is 0 Å². The molecule has 1 fully saturated rings. The zero-order valence-electron chi connectivity index (χ0n) is 9.74. The van der Waals surface area contributed by atoms with Crippen molar-refractivity contribution < 1.29 is 0 Å². The number of nitrogens with one attached hydrogen (secondary N) is 1. The van der Waals surface area contributed by atoms with Crippen LogP contribution in [0, 0.1) is 12.8 Å². The van der Waals surface area contributed by atoms with E-state index in [4.69, 9.17) is 0 Å². The maximum absolute atomic E-state index is 4.30. The Labute approximate surface area is 96.8 Å². The van der Waals surface area contributed by atoms with Crippen molar-refractivity contribution >= 4 is 5.57 Å². The van der Waals surface area contributed by atoms with Gasteiger partial charge in [-0.25, -0.2) is 0 Å². The largest absolute Gasteiger partial charge is 0.310 e. The third kappa shape index (κ3) is 1.67. The van der Waals surface area contributed by atoms with Gasteiger partial charge in [-0.3, -0.25) is 4.98 Å². The van der Waals surface area contributed by atoms with E-state index in [1.807, 2.05) is 12.4 Å². The fraction of sp³-hybridized carbons (Fsp3) is 0.500. The van der Waals surface area contributed by atoms with E-state index in [1.54, 1.807) is 0 Å². The zero-order chi connectivity index (χ0) is 11.0. The van der Waals surface area contributed by atoms with Gasteiger partial charge in [0.15, 0.2) is 0 Å². The minimum absolute atomic E-state index is 0.581. The number of allylic oxidation sites excluding steroid dienone is 1. The lowest BCUT2D eigenvalue weighted by Gasteiger charge is -2.27. The maximum atomic E-state index is 4.30. The molecule has 1 aliphatic carbocycles.